The molecule has 38 heavy (non-hydrogen) atoms. The van der Waals surface area contributed by atoms with Crippen LogP contribution in [0.4, 0.5) is 0 Å². The third-order valence-electron chi connectivity index (χ3n) is 6.18. The number of oxazole rings is 2. The Hall–Kier alpha value is -4.80. The topological polar surface area (TPSA) is 104 Å². The third-order valence-corrected chi connectivity index (χ3v) is 8.42. The van der Waals surface area contributed by atoms with Gasteiger partial charge in [0.05, 0.1) is 9.75 Å². The van der Waals surface area contributed by atoms with Crippen molar-refractivity contribution in [3.05, 3.63) is 86.0 Å². The fourth-order valence-electron chi connectivity index (χ4n) is 4.37. The second-order valence-corrected chi connectivity index (χ2v) is 10.8. The quantitative estimate of drug-likeness (QED) is 0.230. The highest BCUT2D eigenvalue weighted by atomic mass is 32.1. The standard InChI is InChI=1S/C28H14N6O2S2/c1-3-25(37-23(1)17-9-29-13-30-10-17)27-33-19-5-15-8-22-20(6-16(15)7-21(19)35-27)34-28(36-22)26-4-2-24(38-26)18-11-31-14-32-12-18/h1-14H. The van der Waals surface area contributed by atoms with Gasteiger partial charge in [-0.3, -0.25) is 0 Å². The number of hydrogen-bond donors (Lipinski definition) is 0. The van der Waals surface area contributed by atoms with Gasteiger partial charge in [0.15, 0.2) is 11.2 Å². The van der Waals surface area contributed by atoms with Gasteiger partial charge in [-0.1, -0.05) is 0 Å². The molecule has 0 radical (unpaired) electrons. The second-order valence-electron chi connectivity index (χ2n) is 8.61. The summed E-state index contributed by atoms with van der Waals surface area (Å²) in [5.74, 6) is 1.18. The van der Waals surface area contributed by atoms with Crippen LogP contribution in [0.3, 0.4) is 0 Å². The highest BCUT2D eigenvalue weighted by molar-refractivity contribution is 7.19. The molecule has 8 nitrogen and oxygen atoms in total. The van der Waals surface area contributed by atoms with Crippen LogP contribution in [0.2, 0.25) is 0 Å². The zero-order chi connectivity index (χ0) is 25.1. The first-order valence-electron chi connectivity index (χ1n) is 11.6. The van der Waals surface area contributed by atoms with E-state index in [4.69, 9.17) is 18.8 Å². The van der Waals surface area contributed by atoms with Crippen LogP contribution in [0.25, 0.3) is 75.4 Å². The molecule has 0 aliphatic rings. The average Bonchev–Trinajstić information content (AvgIpc) is 3.76. The second kappa shape index (κ2) is 8.37. The lowest BCUT2D eigenvalue weighted by atomic mass is 10.1. The number of hydrogen-bond acceptors (Lipinski definition) is 10. The van der Waals surface area contributed by atoms with Crippen molar-refractivity contribution >= 4 is 55.6 Å². The van der Waals surface area contributed by atoms with Crippen LogP contribution in [-0.2, 0) is 0 Å². The van der Waals surface area contributed by atoms with E-state index >= 15 is 0 Å². The van der Waals surface area contributed by atoms with Crippen molar-refractivity contribution in [2.75, 3.05) is 0 Å². The molecule has 10 heteroatoms. The highest BCUT2D eigenvalue weighted by Gasteiger charge is 2.16. The van der Waals surface area contributed by atoms with Crippen molar-refractivity contribution < 1.29 is 8.83 Å². The van der Waals surface area contributed by atoms with Crippen LogP contribution in [-0.4, -0.2) is 29.9 Å². The van der Waals surface area contributed by atoms with Crippen LogP contribution < -0.4 is 0 Å². The van der Waals surface area contributed by atoms with Crippen LogP contribution >= 0.6 is 22.7 Å². The molecule has 0 spiro atoms. The fraction of sp³-hybridized carbons (Fsp3) is 0. The Labute approximate surface area is 222 Å². The van der Waals surface area contributed by atoms with E-state index < -0.39 is 0 Å². The van der Waals surface area contributed by atoms with Gasteiger partial charge in [0.25, 0.3) is 0 Å². The molecule has 6 heterocycles. The molecule has 8 rings (SSSR count). The maximum Gasteiger partial charge on any atom is 0.237 e. The summed E-state index contributed by atoms with van der Waals surface area (Å²) in [7, 11) is 0. The van der Waals surface area contributed by atoms with Gasteiger partial charge in [-0.2, -0.15) is 0 Å². The molecule has 2 aromatic carbocycles. The molecule has 0 amide bonds. The number of aromatic nitrogens is 6. The van der Waals surface area contributed by atoms with Gasteiger partial charge >= 0.3 is 0 Å². The van der Waals surface area contributed by atoms with Crippen molar-refractivity contribution in [3.63, 3.8) is 0 Å². The Morgan fingerprint density at radius 3 is 1.37 bits per heavy atom. The summed E-state index contributed by atoms with van der Waals surface area (Å²) in [5, 5.41) is 2.02. The molecular formula is C28H14N6O2S2. The molecule has 0 saturated carbocycles. The summed E-state index contributed by atoms with van der Waals surface area (Å²) < 4.78 is 12.3. The van der Waals surface area contributed by atoms with Crippen LogP contribution in [0.5, 0.6) is 0 Å². The van der Waals surface area contributed by atoms with Gasteiger partial charge < -0.3 is 8.83 Å². The van der Waals surface area contributed by atoms with E-state index in [0.29, 0.717) is 11.8 Å². The van der Waals surface area contributed by atoms with Crippen LogP contribution in [0.1, 0.15) is 0 Å². The zero-order valence-electron chi connectivity index (χ0n) is 19.4. The summed E-state index contributed by atoms with van der Waals surface area (Å²) >= 11 is 3.19. The first-order valence-corrected chi connectivity index (χ1v) is 13.3. The summed E-state index contributed by atoms with van der Waals surface area (Å²) in [6.45, 7) is 0. The Morgan fingerprint density at radius 1 is 0.500 bits per heavy atom. The monoisotopic (exact) mass is 530 g/mol. The van der Waals surface area contributed by atoms with Gasteiger partial charge in [-0.15, -0.1) is 22.7 Å². The molecule has 180 valence electrons. The van der Waals surface area contributed by atoms with Crippen molar-refractivity contribution in [3.8, 4) is 42.4 Å². The number of rotatable bonds is 4. The van der Waals surface area contributed by atoms with Crippen LogP contribution in [0.15, 0.2) is 94.8 Å². The normalized spacial score (nSPS) is 11.7. The third kappa shape index (κ3) is 3.58. The number of benzene rings is 2. The maximum atomic E-state index is 6.16. The lowest BCUT2D eigenvalue weighted by Crippen LogP contribution is -1.77. The van der Waals surface area contributed by atoms with E-state index in [9.17, 15) is 0 Å². The molecule has 0 saturated heterocycles. The van der Waals surface area contributed by atoms with Crippen molar-refractivity contribution in [1.82, 2.24) is 29.9 Å². The van der Waals surface area contributed by atoms with E-state index in [1.54, 1.807) is 47.5 Å². The minimum Gasteiger partial charge on any atom is -0.435 e. The smallest absolute Gasteiger partial charge is 0.237 e. The van der Waals surface area contributed by atoms with Gasteiger partial charge in [-0.25, -0.2) is 29.9 Å². The number of nitrogens with zero attached hydrogens (tertiary/aromatic N) is 6. The minimum atomic E-state index is 0.588. The van der Waals surface area contributed by atoms with E-state index in [2.05, 4.69) is 19.9 Å². The van der Waals surface area contributed by atoms with E-state index in [1.165, 1.54) is 12.7 Å². The molecule has 6 aromatic heterocycles. The average molecular weight is 531 g/mol. The fourth-order valence-corrected chi connectivity index (χ4v) is 6.19. The Kier molecular flexibility index (Phi) is 4.69. The summed E-state index contributed by atoms with van der Waals surface area (Å²) in [6.07, 6.45) is 10.2. The SMILES string of the molecule is c1ncc(-c2ccc(-c3nc4cc5cc6oc(-c7ccc(-c8cncnc8)s7)nc6cc5cc4o3)s2)cn1. The molecular weight excluding hydrogens is 516 g/mol. The maximum absolute atomic E-state index is 6.16. The lowest BCUT2D eigenvalue weighted by molar-refractivity contribution is 0.621. The Balaban J connectivity index is 1.15. The number of fused-ring (bicyclic) bond motifs is 3. The van der Waals surface area contributed by atoms with Gasteiger partial charge in [0.2, 0.25) is 11.8 Å². The number of thiophene rings is 2. The van der Waals surface area contributed by atoms with Crippen molar-refractivity contribution in [1.29, 1.82) is 0 Å². The molecule has 0 unspecified atom stereocenters. The summed E-state index contributed by atoms with van der Waals surface area (Å²) in [5.41, 5.74) is 4.96. The first-order chi connectivity index (χ1) is 18.8. The van der Waals surface area contributed by atoms with Gasteiger partial charge in [0.1, 0.15) is 23.7 Å². The summed E-state index contributed by atoms with van der Waals surface area (Å²) in [6, 6.07) is 16.2. The van der Waals surface area contributed by atoms with E-state index in [0.717, 1.165) is 63.6 Å². The minimum absolute atomic E-state index is 0.588. The first kappa shape index (κ1) is 21.3. The summed E-state index contributed by atoms with van der Waals surface area (Å²) in [4.78, 5) is 30.0. The highest BCUT2D eigenvalue weighted by Crippen LogP contribution is 2.38. The molecule has 0 atom stereocenters. The molecule has 0 N–H and O–H groups in total. The molecule has 8 aromatic rings. The Bertz CT molecular complexity index is 1880. The van der Waals surface area contributed by atoms with Gasteiger partial charge in [-0.05, 0) is 59.3 Å². The molecule has 0 aliphatic carbocycles. The van der Waals surface area contributed by atoms with E-state index in [-0.39, 0.29) is 0 Å². The lowest BCUT2D eigenvalue weighted by Gasteiger charge is -1.96. The van der Waals surface area contributed by atoms with Crippen LogP contribution in [0, 0.1) is 0 Å². The van der Waals surface area contributed by atoms with Crippen molar-refractivity contribution in [2.45, 2.75) is 0 Å². The molecule has 0 aliphatic heterocycles. The van der Waals surface area contributed by atoms with Gasteiger partial charge in [0, 0.05) is 45.7 Å². The largest absolute Gasteiger partial charge is 0.435 e. The Morgan fingerprint density at radius 2 is 0.921 bits per heavy atom. The van der Waals surface area contributed by atoms with Crippen molar-refractivity contribution in [2.24, 2.45) is 0 Å². The van der Waals surface area contributed by atoms with E-state index in [1.807, 2.05) is 48.5 Å². The predicted molar refractivity (Wildman–Crippen MR) is 148 cm³/mol. The molecule has 0 bridgehead atoms. The zero-order valence-corrected chi connectivity index (χ0v) is 21.0. The predicted octanol–water partition coefficient (Wildman–Crippen LogP) is 7.49. The molecule has 0 fully saturated rings.